The second-order valence-corrected chi connectivity index (χ2v) is 8.23. The molecule has 2 N–H and O–H groups in total. The molecule has 0 aromatic heterocycles. The molecule has 29 heavy (non-hydrogen) atoms. The van der Waals surface area contributed by atoms with Crippen LogP contribution in [-0.4, -0.2) is 37.8 Å². The summed E-state index contributed by atoms with van der Waals surface area (Å²) in [5.41, 5.74) is 2.38. The van der Waals surface area contributed by atoms with Crippen LogP contribution < -0.4 is 5.32 Å². The van der Waals surface area contributed by atoms with Crippen molar-refractivity contribution in [3.63, 3.8) is 0 Å². The standard InChI is InChI=1S/C21H23NO6S/c1-15-9-10-18(29(24,25)26)12-17(15)13-19(20-8-5-11-27-20)22-21(23)28-14-16-6-3-2-4-7-16/h2-10,12,19-20H,11,13-14H2,1H3,(H,22,23)(H,24,25,26)/t19?,20-/m0/s1. The average molecular weight is 417 g/mol. The minimum atomic E-state index is -4.32. The molecule has 0 aliphatic carbocycles. The Bertz CT molecular complexity index is 987. The second kappa shape index (κ2) is 9.21. The molecular formula is C21H23NO6S. The largest absolute Gasteiger partial charge is 0.445 e. The van der Waals surface area contributed by atoms with Crippen LogP contribution in [0.2, 0.25) is 0 Å². The van der Waals surface area contributed by atoms with Gasteiger partial charge in [-0.1, -0.05) is 48.6 Å². The molecule has 0 spiro atoms. The molecule has 0 saturated carbocycles. The van der Waals surface area contributed by atoms with Crippen molar-refractivity contribution >= 4 is 16.2 Å². The van der Waals surface area contributed by atoms with E-state index in [4.69, 9.17) is 9.47 Å². The number of hydrogen-bond acceptors (Lipinski definition) is 5. The van der Waals surface area contributed by atoms with Crippen molar-refractivity contribution in [2.75, 3.05) is 6.61 Å². The van der Waals surface area contributed by atoms with Crippen molar-refractivity contribution in [1.29, 1.82) is 0 Å². The predicted molar refractivity (Wildman–Crippen MR) is 107 cm³/mol. The van der Waals surface area contributed by atoms with Gasteiger partial charge in [0, 0.05) is 0 Å². The van der Waals surface area contributed by atoms with Crippen molar-refractivity contribution in [2.24, 2.45) is 0 Å². The van der Waals surface area contributed by atoms with Gasteiger partial charge in [0.1, 0.15) is 6.61 Å². The lowest BCUT2D eigenvalue weighted by atomic mass is 9.98. The van der Waals surface area contributed by atoms with E-state index in [0.29, 0.717) is 18.6 Å². The van der Waals surface area contributed by atoms with Gasteiger partial charge in [0.2, 0.25) is 0 Å². The first kappa shape index (κ1) is 21.0. The zero-order valence-electron chi connectivity index (χ0n) is 15.9. The highest BCUT2D eigenvalue weighted by Crippen LogP contribution is 2.20. The van der Waals surface area contributed by atoms with Crippen LogP contribution in [0.3, 0.4) is 0 Å². The molecule has 2 aromatic carbocycles. The van der Waals surface area contributed by atoms with Crippen LogP contribution >= 0.6 is 0 Å². The van der Waals surface area contributed by atoms with Gasteiger partial charge in [-0.2, -0.15) is 8.42 Å². The van der Waals surface area contributed by atoms with Crippen molar-refractivity contribution in [3.8, 4) is 0 Å². The van der Waals surface area contributed by atoms with E-state index in [9.17, 15) is 17.8 Å². The van der Waals surface area contributed by atoms with E-state index in [0.717, 1.165) is 11.1 Å². The number of carbonyl (C=O) groups is 1. The van der Waals surface area contributed by atoms with Gasteiger partial charge in [-0.15, -0.1) is 0 Å². The van der Waals surface area contributed by atoms with Gasteiger partial charge in [0.25, 0.3) is 10.1 Å². The maximum atomic E-state index is 12.3. The molecule has 0 saturated heterocycles. The smallest absolute Gasteiger partial charge is 0.407 e. The van der Waals surface area contributed by atoms with E-state index in [1.807, 2.05) is 49.4 Å². The third kappa shape index (κ3) is 5.90. The molecule has 0 fully saturated rings. The predicted octanol–water partition coefficient (Wildman–Crippen LogP) is 3.03. The lowest BCUT2D eigenvalue weighted by molar-refractivity contribution is 0.0844. The molecule has 7 nitrogen and oxygen atoms in total. The molecule has 0 radical (unpaired) electrons. The fourth-order valence-corrected chi connectivity index (χ4v) is 3.62. The maximum Gasteiger partial charge on any atom is 0.407 e. The zero-order valence-corrected chi connectivity index (χ0v) is 16.8. The monoisotopic (exact) mass is 417 g/mol. The van der Waals surface area contributed by atoms with Crippen LogP contribution in [-0.2, 0) is 32.6 Å². The molecule has 1 unspecified atom stereocenters. The molecule has 0 bridgehead atoms. The number of benzene rings is 2. The molecular weight excluding hydrogens is 394 g/mol. The second-order valence-electron chi connectivity index (χ2n) is 6.81. The number of ether oxygens (including phenoxy) is 2. The summed E-state index contributed by atoms with van der Waals surface area (Å²) in [6.45, 7) is 2.41. The van der Waals surface area contributed by atoms with E-state index >= 15 is 0 Å². The molecule has 1 heterocycles. The van der Waals surface area contributed by atoms with Crippen molar-refractivity contribution in [1.82, 2.24) is 5.32 Å². The van der Waals surface area contributed by atoms with E-state index in [2.05, 4.69) is 5.32 Å². The lowest BCUT2D eigenvalue weighted by Gasteiger charge is -2.24. The zero-order chi connectivity index (χ0) is 20.9. The van der Waals surface area contributed by atoms with Crippen LogP contribution in [0.4, 0.5) is 4.79 Å². The van der Waals surface area contributed by atoms with Gasteiger partial charge in [-0.3, -0.25) is 4.55 Å². The number of carbonyl (C=O) groups excluding carboxylic acids is 1. The summed E-state index contributed by atoms with van der Waals surface area (Å²) < 4.78 is 43.2. The van der Waals surface area contributed by atoms with Gasteiger partial charge in [0.05, 0.1) is 23.6 Å². The summed E-state index contributed by atoms with van der Waals surface area (Å²) in [5.74, 6) is 0. The van der Waals surface area contributed by atoms with Gasteiger partial charge in [-0.25, -0.2) is 4.79 Å². The molecule has 1 aliphatic rings. The third-order valence-corrected chi connectivity index (χ3v) is 5.53. The SMILES string of the molecule is Cc1ccc(S(=O)(=O)O)cc1CC(NC(=O)OCc1ccccc1)[C@@H]1C=CCO1. The Morgan fingerprint density at radius 2 is 2.03 bits per heavy atom. The van der Waals surface area contributed by atoms with E-state index in [1.165, 1.54) is 12.1 Å². The van der Waals surface area contributed by atoms with Crippen LogP contribution in [0.1, 0.15) is 16.7 Å². The number of hydrogen-bond donors (Lipinski definition) is 2. The molecule has 3 rings (SSSR count). The maximum absolute atomic E-state index is 12.3. The van der Waals surface area contributed by atoms with Crippen LogP contribution in [0.25, 0.3) is 0 Å². The summed E-state index contributed by atoms with van der Waals surface area (Å²) in [7, 11) is -4.32. The van der Waals surface area contributed by atoms with E-state index < -0.39 is 22.3 Å². The van der Waals surface area contributed by atoms with Crippen molar-refractivity contribution in [3.05, 3.63) is 77.4 Å². The fraction of sp³-hybridized carbons (Fsp3) is 0.286. The summed E-state index contributed by atoms with van der Waals surface area (Å²) in [4.78, 5) is 12.1. The van der Waals surface area contributed by atoms with Gasteiger partial charge >= 0.3 is 6.09 Å². The highest BCUT2D eigenvalue weighted by Gasteiger charge is 2.26. The fourth-order valence-electron chi connectivity index (χ4n) is 3.09. The molecule has 1 amide bonds. The Balaban J connectivity index is 1.72. The first-order valence-corrected chi connectivity index (χ1v) is 10.6. The highest BCUT2D eigenvalue weighted by atomic mass is 32.2. The van der Waals surface area contributed by atoms with Crippen LogP contribution in [0.15, 0.2) is 65.6 Å². The van der Waals surface area contributed by atoms with Crippen LogP contribution in [0, 0.1) is 6.92 Å². The van der Waals surface area contributed by atoms with Crippen LogP contribution in [0.5, 0.6) is 0 Å². The van der Waals surface area contributed by atoms with E-state index in [-0.39, 0.29) is 17.6 Å². The molecule has 8 heteroatoms. The summed E-state index contributed by atoms with van der Waals surface area (Å²) in [6.07, 6.45) is 3.06. The number of amides is 1. The number of nitrogens with one attached hydrogen (secondary N) is 1. The number of alkyl carbamates (subject to hydrolysis) is 1. The normalized spacial score (nSPS) is 17.1. The highest BCUT2D eigenvalue weighted by molar-refractivity contribution is 7.85. The topological polar surface area (TPSA) is 102 Å². The van der Waals surface area contributed by atoms with Crippen molar-refractivity contribution in [2.45, 2.75) is 37.0 Å². The first-order chi connectivity index (χ1) is 13.8. The summed E-state index contributed by atoms with van der Waals surface area (Å²) >= 11 is 0. The average Bonchev–Trinajstić information content (AvgIpc) is 3.22. The Hall–Kier alpha value is -2.68. The van der Waals surface area contributed by atoms with Gasteiger partial charge in [0.15, 0.2) is 0 Å². The van der Waals surface area contributed by atoms with E-state index in [1.54, 1.807) is 6.07 Å². The Morgan fingerprint density at radius 1 is 1.28 bits per heavy atom. The Morgan fingerprint density at radius 3 is 2.69 bits per heavy atom. The Labute approximate surface area is 170 Å². The molecule has 2 atom stereocenters. The molecule has 154 valence electrons. The van der Waals surface area contributed by atoms with Crippen molar-refractivity contribution < 1.29 is 27.2 Å². The summed E-state index contributed by atoms with van der Waals surface area (Å²) in [6, 6.07) is 13.2. The number of aryl methyl sites for hydroxylation is 1. The number of rotatable bonds is 7. The Kier molecular flexibility index (Phi) is 6.68. The quantitative estimate of drug-likeness (QED) is 0.530. The van der Waals surface area contributed by atoms with Gasteiger partial charge in [-0.05, 0) is 42.2 Å². The minimum absolute atomic E-state index is 0.137. The van der Waals surface area contributed by atoms with Gasteiger partial charge < -0.3 is 14.8 Å². The molecule has 2 aromatic rings. The molecule has 1 aliphatic heterocycles. The first-order valence-electron chi connectivity index (χ1n) is 9.15. The minimum Gasteiger partial charge on any atom is -0.445 e. The third-order valence-electron chi connectivity index (χ3n) is 4.68. The summed E-state index contributed by atoms with van der Waals surface area (Å²) in [5, 5.41) is 2.81. The lowest BCUT2D eigenvalue weighted by Crippen LogP contribution is -2.44.